The highest BCUT2D eigenvalue weighted by molar-refractivity contribution is 9.08. The molecular weight excluding hydrogens is 744 g/mol. The fourth-order valence-electron chi connectivity index (χ4n) is 6.53. The lowest BCUT2D eigenvalue weighted by atomic mass is 10.00. The summed E-state index contributed by atoms with van der Waals surface area (Å²) in [6.45, 7) is 1.38. The van der Waals surface area contributed by atoms with Gasteiger partial charge in [0.1, 0.15) is 24.4 Å². The molecule has 10 atom stereocenters. The molecule has 4 aromatic rings. The lowest BCUT2D eigenvalue weighted by Gasteiger charge is -2.45. The maximum atomic E-state index is 10.1. The summed E-state index contributed by atoms with van der Waals surface area (Å²) in [6.07, 6.45) is -2.26. The average Bonchev–Trinajstić information content (AvgIpc) is 3.24. The number of ether oxygens (including phenoxy) is 9. The molecule has 0 saturated carbocycles. The quantitative estimate of drug-likeness (QED) is 0.184. The first-order valence-electron chi connectivity index (χ1n) is 18.0. The minimum Gasteiger partial charge on any atom is -0.390 e. The second-order valence-electron chi connectivity index (χ2n) is 13.0. The first-order chi connectivity index (χ1) is 26.0. The zero-order chi connectivity index (χ0) is 36.8. The van der Waals surface area contributed by atoms with Gasteiger partial charge in [0.25, 0.3) is 0 Å². The third kappa shape index (κ3) is 11.3. The number of aliphatic hydroxyl groups excluding tert-OH is 1. The molecule has 4 heterocycles. The first-order valence-corrected chi connectivity index (χ1v) is 19.1. The molecule has 0 aliphatic carbocycles. The third-order valence-electron chi connectivity index (χ3n) is 9.35. The molecule has 11 heteroatoms. The van der Waals surface area contributed by atoms with Gasteiger partial charge in [-0.3, -0.25) is 0 Å². The van der Waals surface area contributed by atoms with Crippen LogP contribution in [0.25, 0.3) is 0 Å². The topological polar surface area (TPSA) is 103 Å². The van der Waals surface area contributed by atoms with Crippen LogP contribution in [0, 0.1) is 0 Å². The molecule has 0 amide bonds. The lowest BCUT2D eigenvalue weighted by Crippen LogP contribution is -2.55. The van der Waals surface area contributed by atoms with Gasteiger partial charge in [-0.2, -0.15) is 0 Å². The van der Waals surface area contributed by atoms with Crippen LogP contribution in [0.3, 0.4) is 0 Å². The van der Waals surface area contributed by atoms with E-state index in [4.69, 9.17) is 42.6 Å². The van der Waals surface area contributed by atoms with Crippen molar-refractivity contribution in [1.82, 2.24) is 0 Å². The van der Waals surface area contributed by atoms with Crippen molar-refractivity contribution in [1.29, 1.82) is 0 Å². The predicted octanol–water partition coefficient (Wildman–Crippen LogP) is 7.25. The van der Waals surface area contributed by atoms with Crippen LogP contribution in [0.5, 0.6) is 0 Å². The molecular formula is C42H49BrO10. The van der Waals surface area contributed by atoms with Crippen molar-refractivity contribution in [3.05, 3.63) is 144 Å². The maximum Gasteiger partial charge on any atom is 0.184 e. The fraction of sp³-hybridized carbons (Fsp3) is 0.429. The van der Waals surface area contributed by atoms with Crippen LogP contribution in [-0.4, -0.2) is 81.7 Å². The van der Waals surface area contributed by atoms with Crippen LogP contribution >= 0.6 is 15.9 Å². The smallest absolute Gasteiger partial charge is 0.184 e. The molecule has 284 valence electrons. The first kappa shape index (κ1) is 39.6. The number of alkyl halides is 1. The zero-order valence-corrected chi connectivity index (χ0v) is 31.6. The lowest BCUT2D eigenvalue weighted by molar-refractivity contribution is -0.339. The van der Waals surface area contributed by atoms with Crippen LogP contribution in [-0.2, 0) is 54.6 Å². The largest absolute Gasteiger partial charge is 0.390 e. The van der Waals surface area contributed by atoms with Gasteiger partial charge in [0.2, 0.25) is 0 Å². The molecule has 53 heavy (non-hydrogen) atoms. The normalized spacial score (nSPS) is 30.6. The number of rotatable bonds is 8. The number of fused-ring (bicyclic) bond motifs is 2. The van der Waals surface area contributed by atoms with E-state index in [9.17, 15) is 5.11 Å². The highest BCUT2D eigenvalue weighted by atomic mass is 79.9. The van der Waals surface area contributed by atoms with Gasteiger partial charge in [0.15, 0.2) is 25.2 Å². The van der Waals surface area contributed by atoms with Crippen LogP contribution < -0.4 is 0 Å². The molecule has 0 aromatic heterocycles. The van der Waals surface area contributed by atoms with Crippen molar-refractivity contribution in [3.63, 3.8) is 0 Å². The average molecular weight is 794 g/mol. The zero-order valence-electron chi connectivity index (χ0n) is 30.1. The summed E-state index contributed by atoms with van der Waals surface area (Å²) < 4.78 is 52.0. The van der Waals surface area contributed by atoms with Crippen molar-refractivity contribution in [2.45, 2.75) is 86.6 Å². The second kappa shape index (κ2) is 20.6. The van der Waals surface area contributed by atoms with E-state index in [1.807, 2.05) is 97.1 Å². The van der Waals surface area contributed by atoms with Gasteiger partial charge in [-0.1, -0.05) is 137 Å². The van der Waals surface area contributed by atoms with Crippen LogP contribution in [0.4, 0.5) is 0 Å². The Bertz CT molecular complexity index is 1590. The molecule has 8 rings (SSSR count). The van der Waals surface area contributed by atoms with Crippen molar-refractivity contribution < 1.29 is 47.7 Å². The van der Waals surface area contributed by atoms with E-state index in [1.54, 1.807) is 14.2 Å². The summed E-state index contributed by atoms with van der Waals surface area (Å²) in [4.78, 5) is 0. The van der Waals surface area contributed by atoms with Crippen LogP contribution in [0.15, 0.2) is 121 Å². The van der Waals surface area contributed by atoms with Gasteiger partial charge in [-0.05, 0) is 11.1 Å². The van der Waals surface area contributed by atoms with Crippen molar-refractivity contribution >= 4 is 15.9 Å². The van der Waals surface area contributed by atoms with Gasteiger partial charge in [0, 0.05) is 43.5 Å². The van der Waals surface area contributed by atoms with Crippen molar-refractivity contribution in [3.8, 4) is 0 Å². The summed E-state index contributed by atoms with van der Waals surface area (Å²) in [5.74, 6) is 0. The molecule has 1 N–H and O–H groups in total. The Balaban J connectivity index is 0.000000155. The van der Waals surface area contributed by atoms with Gasteiger partial charge < -0.3 is 47.7 Å². The maximum absolute atomic E-state index is 10.1. The minimum absolute atomic E-state index is 0.117. The van der Waals surface area contributed by atoms with E-state index in [1.165, 1.54) is 5.56 Å². The summed E-state index contributed by atoms with van der Waals surface area (Å²) in [6, 6.07) is 40.1. The van der Waals surface area contributed by atoms with Crippen LogP contribution in [0.1, 0.15) is 47.7 Å². The monoisotopic (exact) mass is 792 g/mol. The molecule has 4 aromatic carbocycles. The molecule has 0 bridgehead atoms. The predicted molar refractivity (Wildman–Crippen MR) is 201 cm³/mol. The Labute approximate surface area is 320 Å². The number of halogens is 1. The van der Waals surface area contributed by atoms with Crippen molar-refractivity contribution in [2.24, 2.45) is 0 Å². The van der Waals surface area contributed by atoms with E-state index in [0.29, 0.717) is 32.7 Å². The SMILES string of the molecule is BrCc1ccccc1.COC1CC(O)C2OC(c3ccccc3)OCC2O1.COC1CC(OCc2ccccc2)C2OC(c3ccccc3)OCC2O1. The van der Waals surface area contributed by atoms with E-state index in [-0.39, 0.29) is 36.8 Å². The summed E-state index contributed by atoms with van der Waals surface area (Å²) in [5, 5.41) is 11.1. The van der Waals surface area contributed by atoms with E-state index in [2.05, 4.69) is 40.2 Å². The number of hydrogen-bond acceptors (Lipinski definition) is 10. The molecule has 0 spiro atoms. The van der Waals surface area contributed by atoms with Gasteiger partial charge in [-0.15, -0.1) is 0 Å². The van der Waals surface area contributed by atoms with E-state index >= 15 is 0 Å². The summed E-state index contributed by atoms with van der Waals surface area (Å²) in [5.41, 5.74) is 4.41. The highest BCUT2D eigenvalue weighted by Gasteiger charge is 2.46. The van der Waals surface area contributed by atoms with Crippen molar-refractivity contribution in [2.75, 3.05) is 27.4 Å². The Kier molecular flexibility index (Phi) is 15.4. The van der Waals surface area contributed by atoms with Gasteiger partial charge in [0.05, 0.1) is 32.0 Å². The highest BCUT2D eigenvalue weighted by Crippen LogP contribution is 2.36. The molecule has 4 aliphatic rings. The Morgan fingerprint density at radius 2 is 1.04 bits per heavy atom. The Morgan fingerprint density at radius 3 is 1.53 bits per heavy atom. The fourth-order valence-corrected chi connectivity index (χ4v) is 6.90. The number of benzene rings is 4. The van der Waals surface area contributed by atoms with E-state index < -0.39 is 25.0 Å². The molecule has 4 saturated heterocycles. The standard InChI is InChI=1S/C21H24O5.C14H18O5.C7H7Br/c1-22-19-12-17(23-13-15-8-4-2-5-9-15)20-18(25-19)14-24-21(26-20)16-10-6-3-7-11-16;1-16-12-7-10(15)13-11(18-12)8-17-14(19-13)9-5-3-2-4-6-9;8-6-7-4-2-1-3-5-7/h2-11,17-21H,12-14H2,1H3;2-6,10-15H,7-8H2,1H3;1-5H,6H2. The van der Waals surface area contributed by atoms with Gasteiger partial charge >= 0.3 is 0 Å². The molecule has 10 nitrogen and oxygen atoms in total. The Hall–Kier alpha value is -3.04. The number of hydrogen-bond donors (Lipinski definition) is 1. The van der Waals surface area contributed by atoms with E-state index in [0.717, 1.165) is 22.0 Å². The Morgan fingerprint density at radius 1 is 0.585 bits per heavy atom. The van der Waals surface area contributed by atoms with Gasteiger partial charge in [-0.25, -0.2) is 0 Å². The third-order valence-corrected chi connectivity index (χ3v) is 10.00. The molecule has 0 radical (unpaired) electrons. The summed E-state index contributed by atoms with van der Waals surface area (Å²) in [7, 11) is 3.21. The second-order valence-corrected chi connectivity index (χ2v) is 13.6. The summed E-state index contributed by atoms with van der Waals surface area (Å²) >= 11 is 3.36. The minimum atomic E-state index is -0.598. The molecule has 4 fully saturated rings. The van der Waals surface area contributed by atoms with Crippen LogP contribution in [0.2, 0.25) is 0 Å². The number of methoxy groups -OCH3 is 2. The number of aliphatic hydroxyl groups is 1. The molecule has 10 unspecified atom stereocenters. The molecule has 4 aliphatic heterocycles.